The minimum Gasteiger partial charge on any atom is -0.368 e. The molecule has 0 aliphatic carbocycles. The number of rotatable bonds is 6. The summed E-state index contributed by atoms with van der Waals surface area (Å²) in [6.07, 6.45) is 0.789. The second-order valence-electron chi connectivity index (χ2n) is 4.40. The molecule has 0 saturated heterocycles. The minimum atomic E-state index is -0.784. The molecule has 0 saturated carbocycles. The Balaban J connectivity index is 2.86. The van der Waals surface area contributed by atoms with Crippen molar-refractivity contribution in [1.29, 1.82) is 0 Å². The average Bonchev–Trinajstić information content (AvgIpc) is 2.27. The van der Waals surface area contributed by atoms with Crippen LogP contribution >= 0.6 is 15.9 Å². The molecule has 0 heterocycles. The lowest BCUT2D eigenvalue weighted by molar-refractivity contribution is -0.141. The highest BCUT2D eigenvalue weighted by molar-refractivity contribution is 9.10. The van der Waals surface area contributed by atoms with E-state index in [1.807, 2.05) is 13.8 Å². The quantitative estimate of drug-likeness (QED) is 0.795. The molecule has 4 heteroatoms. The molecular weight excluding hydrogens is 299 g/mol. The van der Waals surface area contributed by atoms with Crippen LogP contribution in [0, 0.1) is 5.82 Å². The van der Waals surface area contributed by atoms with Crippen LogP contribution in [0.2, 0.25) is 0 Å². The first kappa shape index (κ1) is 15.3. The van der Waals surface area contributed by atoms with Gasteiger partial charge < -0.3 is 4.74 Å². The van der Waals surface area contributed by atoms with E-state index in [-0.39, 0.29) is 18.0 Å². The topological polar surface area (TPSA) is 26.3 Å². The molecule has 1 rings (SSSR count). The van der Waals surface area contributed by atoms with Crippen molar-refractivity contribution in [3.63, 3.8) is 0 Å². The predicted molar refractivity (Wildman–Crippen MR) is 73.1 cm³/mol. The molecule has 0 amide bonds. The molecule has 0 fully saturated rings. The summed E-state index contributed by atoms with van der Waals surface area (Å²) in [5.74, 6) is -0.369. The highest BCUT2D eigenvalue weighted by atomic mass is 79.9. The van der Waals surface area contributed by atoms with Gasteiger partial charge in [0.05, 0.1) is 0 Å². The summed E-state index contributed by atoms with van der Waals surface area (Å²) in [5, 5.41) is 0. The second kappa shape index (κ2) is 6.43. The average molecular weight is 317 g/mol. The van der Waals surface area contributed by atoms with Gasteiger partial charge in [-0.1, -0.05) is 22.9 Å². The zero-order valence-electron chi connectivity index (χ0n) is 10.9. The molecule has 0 aliphatic heterocycles. The highest BCUT2D eigenvalue weighted by Crippen LogP contribution is 2.21. The van der Waals surface area contributed by atoms with E-state index in [1.54, 1.807) is 13.0 Å². The Morgan fingerprint density at radius 1 is 1.39 bits per heavy atom. The molecule has 1 aromatic carbocycles. The van der Waals surface area contributed by atoms with E-state index in [9.17, 15) is 9.18 Å². The van der Waals surface area contributed by atoms with Gasteiger partial charge in [0.1, 0.15) is 11.4 Å². The van der Waals surface area contributed by atoms with E-state index < -0.39 is 5.60 Å². The molecule has 0 radical (unpaired) electrons. The zero-order valence-corrected chi connectivity index (χ0v) is 12.5. The molecule has 100 valence electrons. The van der Waals surface area contributed by atoms with Crippen LogP contribution in [0.25, 0.3) is 0 Å². The molecule has 0 bridgehead atoms. The summed E-state index contributed by atoms with van der Waals surface area (Å²) in [4.78, 5) is 12.2. The first-order valence-corrected chi connectivity index (χ1v) is 6.82. The summed E-state index contributed by atoms with van der Waals surface area (Å²) in [5.41, 5.74) is -0.126. The van der Waals surface area contributed by atoms with E-state index >= 15 is 0 Å². The molecule has 0 N–H and O–H groups in total. The largest absolute Gasteiger partial charge is 0.368 e. The maximum absolute atomic E-state index is 13.2. The fourth-order valence-corrected chi connectivity index (χ4v) is 2.30. The van der Waals surface area contributed by atoms with Gasteiger partial charge in [-0.05, 0) is 44.0 Å². The zero-order chi connectivity index (χ0) is 13.8. The molecule has 0 aromatic heterocycles. The third-order valence-corrected chi connectivity index (χ3v) is 3.47. The van der Waals surface area contributed by atoms with Crippen molar-refractivity contribution in [1.82, 2.24) is 0 Å². The molecule has 0 spiro atoms. The lowest BCUT2D eigenvalue weighted by Gasteiger charge is -2.26. The van der Waals surface area contributed by atoms with Gasteiger partial charge in [0.15, 0.2) is 5.78 Å². The fraction of sp³-hybridized carbons (Fsp3) is 0.500. The molecule has 1 aromatic rings. The summed E-state index contributed by atoms with van der Waals surface area (Å²) in [6, 6.07) is 4.50. The standard InChI is InChI=1S/C14H18BrFO2/c1-4-14(3,18-5-2)13(17)8-10-6-11(15)9-12(16)7-10/h6-7,9H,4-5,8H2,1-3H3. The Bertz CT molecular complexity index is 414. The van der Waals surface area contributed by atoms with E-state index in [2.05, 4.69) is 15.9 Å². The van der Waals surface area contributed by atoms with Gasteiger partial charge in [-0.3, -0.25) is 4.79 Å². The van der Waals surface area contributed by atoms with Crippen molar-refractivity contribution < 1.29 is 13.9 Å². The van der Waals surface area contributed by atoms with Gasteiger partial charge in [-0.25, -0.2) is 4.39 Å². The Hall–Kier alpha value is -0.740. The van der Waals surface area contributed by atoms with Crippen molar-refractivity contribution in [2.75, 3.05) is 6.61 Å². The van der Waals surface area contributed by atoms with Gasteiger partial charge in [-0.2, -0.15) is 0 Å². The van der Waals surface area contributed by atoms with Crippen LogP contribution in [0.3, 0.4) is 0 Å². The SMILES string of the molecule is CCOC(C)(CC)C(=O)Cc1cc(F)cc(Br)c1. The lowest BCUT2D eigenvalue weighted by Crippen LogP contribution is -2.39. The van der Waals surface area contributed by atoms with Gasteiger partial charge in [0, 0.05) is 17.5 Å². The van der Waals surface area contributed by atoms with Gasteiger partial charge in [-0.15, -0.1) is 0 Å². The fourth-order valence-electron chi connectivity index (χ4n) is 1.78. The summed E-state index contributed by atoms with van der Waals surface area (Å²) in [7, 11) is 0. The number of hydrogen-bond donors (Lipinski definition) is 0. The number of ether oxygens (including phenoxy) is 1. The smallest absolute Gasteiger partial charge is 0.168 e. The number of Topliss-reactive ketones (excluding diaryl/α,β-unsaturated/α-hetero) is 1. The van der Waals surface area contributed by atoms with Crippen molar-refractivity contribution in [3.05, 3.63) is 34.1 Å². The molecular formula is C14H18BrFO2. The third kappa shape index (κ3) is 3.89. The Morgan fingerprint density at radius 2 is 2.06 bits per heavy atom. The minimum absolute atomic E-state index is 0.0237. The number of benzene rings is 1. The van der Waals surface area contributed by atoms with Crippen LogP contribution in [0.4, 0.5) is 4.39 Å². The number of carbonyl (C=O) groups excluding carboxylic acids is 1. The summed E-state index contributed by atoms with van der Waals surface area (Å²) in [6.45, 7) is 6.05. The second-order valence-corrected chi connectivity index (χ2v) is 5.31. The summed E-state index contributed by atoms with van der Waals surface area (Å²) < 4.78 is 19.4. The Morgan fingerprint density at radius 3 is 2.56 bits per heavy atom. The number of hydrogen-bond acceptors (Lipinski definition) is 2. The van der Waals surface area contributed by atoms with E-state index in [0.717, 1.165) is 0 Å². The molecule has 2 nitrogen and oxygen atoms in total. The van der Waals surface area contributed by atoms with Crippen molar-refractivity contribution in [2.24, 2.45) is 0 Å². The first-order valence-electron chi connectivity index (χ1n) is 6.03. The van der Waals surface area contributed by atoms with Crippen LogP contribution in [-0.2, 0) is 16.0 Å². The van der Waals surface area contributed by atoms with Crippen molar-refractivity contribution in [3.8, 4) is 0 Å². The summed E-state index contributed by atoms with van der Waals surface area (Å²) >= 11 is 3.22. The third-order valence-electron chi connectivity index (χ3n) is 3.01. The van der Waals surface area contributed by atoms with Gasteiger partial charge in [0.25, 0.3) is 0 Å². The van der Waals surface area contributed by atoms with Crippen LogP contribution < -0.4 is 0 Å². The van der Waals surface area contributed by atoms with Crippen molar-refractivity contribution in [2.45, 2.75) is 39.2 Å². The first-order chi connectivity index (χ1) is 8.41. The van der Waals surface area contributed by atoms with Crippen molar-refractivity contribution >= 4 is 21.7 Å². The monoisotopic (exact) mass is 316 g/mol. The van der Waals surface area contributed by atoms with E-state index in [4.69, 9.17) is 4.74 Å². The van der Waals surface area contributed by atoms with Gasteiger partial charge in [0.2, 0.25) is 0 Å². The van der Waals surface area contributed by atoms with Crippen LogP contribution in [0.1, 0.15) is 32.8 Å². The molecule has 0 aliphatic rings. The number of carbonyl (C=O) groups is 1. The van der Waals surface area contributed by atoms with Crippen LogP contribution in [0.15, 0.2) is 22.7 Å². The number of halogens is 2. The molecule has 18 heavy (non-hydrogen) atoms. The van der Waals surface area contributed by atoms with Crippen LogP contribution in [0.5, 0.6) is 0 Å². The number of ketones is 1. The Kier molecular flexibility index (Phi) is 5.47. The molecule has 1 atom stereocenters. The maximum Gasteiger partial charge on any atom is 0.168 e. The normalized spacial score (nSPS) is 14.3. The lowest BCUT2D eigenvalue weighted by atomic mass is 9.92. The maximum atomic E-state index is 13.2. The molecule has 1 unspecified atom stereocenters. The highest BCUT2D eigenvalue weighted by Gasteiger charge is 2.31. The Labute approximate surface area is 116 Å². The van der Waals surface area contributed by atoms with Crippen LogP contribution in [-0.4, -0.2) is 18.0 Å². The van der Waals surface area contributed by atoms with Gasteiger partial charge >= 0.3 is 0 Å². The predicted octanol–water partition coefficient (Wildman–Crippen LogP) is 3.91. The van der Waals surface area contributed by atoms with E-state index in [1.165, 1.54) is 12.1 Å². The van der Waals surface area contributed by atoms with E-state index in [0.29, 0.717) is 23.1 Å².